The number of benzene rings is 1. The van der Waals surface area contributed by atoms with E-state index in [1.54, 1.807) is 0 Å². The lowest BCUT2D eigenvalue weighted by atomic mass is 10.1. The standard InChI is InChI=1S/C12H15N3O2S/c1-9-7-15(8-12(9)14)18(16,17)11-4-2-10(6-13)3-5-11/h2-5,9,12H,7-8,14H2,1H3. The van der Waals surface area contributed by atoms with Crippen LogP contribution in [-0.4, -0.2) is 31.9 Å². The van der Waals surface area contributed by atoms with Crippen LogP contribution in [0.4, 0.5) is 0 Å². The Morgan fingerprint density at radius 2 is 1.94 bits per heavy atom. The third-order valence-corrected chi connectivity index (χ3v) is 5.10. The molecule has 1 aliphatic rings. The van der Waals surface area contributed by atoms with Gasteiger partial charge in [0.2, 0.25) is 10.0 Å². The normalized spacial score (nSPS) is 24.9. The van der Waals surface area contributed by atoms with Crippen LogP contribution in [-0.2, 0) is 10.0 Å². The van der Waals surface area contributed by atoms with Gasteiger partial charge in [0.15, 0.2) is 0 Å². The van der Waals surface area contributed by atoms with E-state index in [1.165, 1.54) is 28.6 Å². The molecule has 0 aliphatic carbocycles. The highest BCUT2D eigenvalue weighted by Crippen LogP contribution is 2.23. The molecule has 1 aromatic carbocycles. The van der Waals surface area contributed by atoms with Crippen LogP contribution in [0.25, 0.3) is 0 Å². The van der Waals surface area contributed by atoms with E-state index in [0.29, 0.717) is 18.7 Å². The van der Waals surface area contributed by atoms with E-state index in [9.17, 15) is 8.42 Å². The Morgan fingerprint density at radius 3 is 2.39 bits per heavy atom. The number of hydrogen-bond donors (Lipinski definition) is 1. The molecule has 96 valence electrons. The topological polar surface area (TPSA) is 87.2 Å². The molecule has 1 heterocycles. The third-order valence-electron chi connectivity index (χ3n) is 3.26. The van der Waals surface area contributed by atoms with Gasteiger partial charge in [-0.05, 0) is 30.2 Å². The minimum atomic E-state index is -3.49. The second-order valence-corrected chi connectivity index (χ2v) is 6.54. The fourth-order valence-electron chi connectivity index (χ4n) is 1.99. The molecular formula is C12H15N3O2S. The SMILES string of the molecule is CC1CN(S(=O)(=O)c2ccc(C#N)cc2)CC1N. The molecule has 1 saturated heterocycles. The number of nitrogens with two attached hydrogens (primary N) is 1. The quantitative estimate of drug-likeness (QED) is 0.844. The lowest BCUT2D eigenvalue weighted by Crippen LogP contribution is -2.32. The van der Waals surface area contributed by atoms with Crippen LogP contribution in [0.5, 0.6) is 0 Å². The summed E-state index contributed by atoms with van der Waals surface area (Å²) in [5.74, 6) is 0.165. The van der Waals surface area contributed by atoms with Gasteiger partial charge in [0.1, 0.15) is 0 Å². The highest BCUT2D eigenvalue weighted by atomic mass is 32.2. The number of nitrogens with zero attached hydrogens (tertiary/aromatic N) is 2. The molecule has 0 bridgehead atoms. The van der Waals surface area contributed by atoms with Crippen LogP contribution in [0.15, 0.2) is 29.2 Å². The van der Waals surface area contributed by atoms with Crippen LogP contribution >= 0.6 is 0 Å². The molecule has 18 heavy (non-hydrogen) atoms. The fraction of sp³-hybridized carbons (Fsp3) is 0.417. The van der Waals surface area contributed by atoms with Crippen molar-refractivity contribution >= 4 is 10.0 Å². The Labute approximate surface area is 107 Å². The number of sulfonamides is 1. The molecule has 0 radical (unpaired) electrons. The summed E-state index contributed by atoms with van der Waals surface area (Å²) in [5.41, 5.74) is 6.28. The Bertz CT molecular complexity index is 564. The minimum Gasteiger partial charge on any atom is -0.326 e. The van der Waals surface area contributed by atoms with Crippen LogP contribution in [0.2, 0.25) is 0 Å². The summed E-state index contributed by atoms with van der Waals surface area (Å²) in [5, 5.41) is 8.69. The molecule has 0 aromatic heterocycles. The van der Waals surface area contributed by atoms with Gasteiger partial charge >= 0.3 is 0 Å². The van der Waals surface area contributed by atoms with Crippen molar-refractivity contribution in [3.05, 3.63) is 29.8 Å². The first-order valence-corrected chi connectivity index (χ1v) is 7.15. The molecular weight excluding hydrogens is 250 g/mol. The van der Waals surface area contributed by atoms with Gasteiger partial charge in [0.25, 0.3) is 0 Å². The Hall–Kier alpha value is -1.42. The summed E-state index contributed by atoms with van der Waals surface area (Å²) in [7, 11) is -3.49. The molecule has 1 aliphatic heterocycles. The van der Waals surface area contributed by atoms with Gasteiger partial charge in [-0.1, -0.05) is 6.92 Å². The summed E-state index contributed by atoms with van der Waals surface area (Å²) < 4.78 is 26.0. The van der Waals surface area contributed by atoms with E-state index >= 15 is 0 Å². The first kappa shape index (κ1) is 13.0. The summed E-state index contributed by atoms with van der Waals surface area (Å²) >= 11 is 0. The number of rotatable bonds is 2. The van der Waals surface area contributed by atoms with Crippen LogP contribution < -0.4 is 5.73 Å². The third kappa shape index (κ3) is 2.25. The highest BCUT2D eigenvalue weighted by Gasteiger charge is 2.35. The lowest BCUT2D eigenvalue weighted by molar-refractivity contribution is 0.464. The van der Waals surface area contributed by atoms with Crippen molar-refractivity contribution < 1.29 is 8.42 Å². The predicted octanol–water partition coefficient (Wildman–Crippen LogP) is 0.526. The molecule has 0 saturated carbocycles. The Morgan fingerprint density at radius 1 is 1.33 bits per heavy atom. The molecule has 2 atom stereocenters. The summed E-state index contributed by atoms with van der Waals surface area (Å²) in [6.07, 6.45) is 0. The van der Waals surface area contributed by atoms with Crippen LogP contribution in [0, 0.1) is 17.2 Å². The number of nitriles is 1. The molecule has 5 nitrogen and oxygen atoms in total. The van der Waals surface area contributed by atoms with E-state index < -0.39 is 10.0 Å². The van der Waals surface area contributed by atoms with Crippen LogP contribution in [0.1, 0.15) is 12.5 Å². The maximum Gasteiger partial charge on any atom is 0.243 e. The minimum absolute atomic E-state index is 0.113. The van der Waals surface area contributed by atoms with E-state index in [-0.39, 0.29) is 16.9 Å². The molecule has 0 spiro atoms. The summed E-state index contributed by atoms with van der Waals surface area (Å²) in [4.78, 5) is 0.211. The van der Waals surface area contributed by atoms with Crippen molar-refractivity contribution in [2.45, 2.75) is 17.9 Å². The molecule has 2 unspecified atom stereocenters. The molecule has 0 amide bonds. The largest absolute Gasteiger partial charge is 0.326 e. The van der Waals surface area contributed by atoms with E-state index in [0.717, 1.165) is 0 Å². The Balaban J connectivity index is 2.29. The lowest BCUT2D eigenvalue weighted by Gasteiger charge is -2.15. The van der Waals surface area contributed by atoms with Crippen molar-refractivity contribution in [3.8, 4) is 6.07 Å². The zero-order valence-electron chi connectivity index (χ0n) is 10.1. The molecule has 1 fully saturated rings. The Kier molecular flexibility index (Phi) is 3.39. The van der Waals surface area contributed by atoms with Crippen molar-refractivity contribution in [2.24, 2.45) is 11.7 Å². The van der Waals surface area contributed by atoms with Gasteiger partial charge in [-0.2, -0.15) is 9.57 Å². The van der Waals surface area contributed by atoms with Crippen LogP contribution in [0.3, 0.4) is 0 Å². The molecule has 6 heteroatoms. The van der Waals surface area contributed by atoms with Crippen molar-refractivity contribution in [2.75, 3.05) is 13.1 Å². The summed E-state index contributed by atoms with van der Waals surface area (Å²) in [6.45, 7) is 2.74. The van der Waals surface area contributed by atoms with Crippen molar-refractivity contribution in [3.63, 3.8) is 0 Å². The van der Waals surface area contributed by atoms with Gasteiger partial charge in [0.05, 0.1) is 16.5 Å². The molecule has 1 aromatic rings. The maximum atomic E-state index is 12.3. The van der Waals surface area contributed by atoms with Crippen molar-refractivity contribution in [1.29, 1.82) is 5.26 Å². The number of hydrogen-bond acceptors (Lipinski definition) is 4. The fourth-order valence-corrected chi connectivity index (χ4v) is 3.57. The van der Waals surface area contributed by atoms with Gasteiger partial charge in [0, 0.05) is 19.1 Å². The average molecular weight is 265 g/mol. The predicted molar refractivity (Wildman–Crippen MR) is 67.1 cm³/mol. The smallest absolute Gasteiger partial charge is 0.243 e. The van der Waals surface area contributed by atoms with E-state index in [1.807, 2.05) is 13.0 Å². The second kappa shape index (κ2) is 4.69. The van der Waals surface area contributed by atoms with Gasteiger partial charge in [-0.25, -0.2) is 8.42 Å². The van der Waals surface area contributed by atoms with E-state index in [4.69, 9.17) is 11.0 Å². The molecule has 2 rings (SSSR count). The zero-order chi connectivity index (χ0) is 13.3. The average Bonchev–Trinajstić information content (AvgIpc) is 2.70. The summed E-state index contributed by atoms with van der Waals surface area (Å²) in [6, 6.07) is 7.78. The zero-order valence-corrected chi connectivity index (χ0v) is 10.9. The van der Waals surface area contributed by atoms with Gasteiger partial charge in [-0.15, -0.1) is 0 Å². The van der Waals surface area contributed by atoms with Gasteiger partial charge in [-0.3, -0.25) is 0 Å². The van der Waals surface area contributed by atoms with Crippen molar-refractivity contribution in [1.82, 2.24) is 4.31 Å². The highest BCUT2D eigenvalue weighted by molar-refractivity contribution is 7.89. The second-order valence-electron chi connectivity index (χ2n) is 4.60. The maximum absolute atomic E-state index is 12.3. The first-order chi connectivity index (χ1) is 8.45. The van der Waals surface area contributed by atoms with Gasteiger partial charge < -0.3 is 5.73 Å². The molecule has 2 N–H and O–H groups in total. The first-order valence-electron chi connectivity index (χ1n) is 5.71. The monoisotopic (exact) mass is 265 g/mol. The van der Waals surface area contributed by atoms with E-state index in [2.05, 4.69) is 0 Å².